The summed E-state index contributed by atoms with van der Waals surface area (Å²) in [5, 5.41) is 25.2. The van der Waals surface area contributed by atoms with Crippen LogP contribution in [0.2, 0.25) is 0 Å². The predicted molar refractivity (Wildman–Crippen MR) is 100 cm³/mol. The predicted octanol–water partition coefficient (Wildman–Crippen LogP) is 4.15. The van der Waals surface area contributed by atoms with Gasteiger partial charge in [-0.05, 0) is 36.4 Å². The topological polar surface area (TPSA) is 112 Å². The molecule has 0 fully saturated rings. The molecule has 0 unspecified atom stereocenters. The van der Waals surface area contributed by atoms with Gasteiger partial charge < -0.3 is 15.3 Å². The zero-order valence-electron chi connectivity index (χ0n) is 14.7. The van der Waals surface area contributed by atoms with Crippen LogP contribution in [0.4, 0.5) is 0 Å². The molecule has 6 nitrogen and oxygen atoms in total. The van der Waals surface area contributed by atoms with Gasteiger partial charge in [-0.1, -0.05) is 54.6 Å². The molecule has 0 aliphatic rings. The van der Waals surface area contributed by atoms with Crippen LogP contribution in [0.3, 0.4) is 0 Å². The molecule has 3 aromatic rings. The second-order valence-electron chi connectivity index (χ2n) is 5.01. The summed E-state index contributed by atoms with van der Waals surface area (Å²) in [7, 11) is 0. The first kappa shape index (κ1) is 25.4. The van der Waals surface area contributed by atoms with Gasteiger partial charge in [-0.3, -0.25) is 0 Å². The number of hydrogen-bond acceptors (Lipinski definition) is 3. The molecule has 0 amide bonds. The Morgan fingerprint density at radius 1 is 0.429 bits per heavy atom. The van der Waals surface area contributed by atoms with E-state index in [1.165, 1.54) is 0 Å². The molecule has 0 saturated carbocycles. The monoisotopic (exact) mass is 506 g/mol. The van der Waals surface area contributed by atoms with Crippen LogP contribution in [0.1, 0.15) is 31.1 Å². The zero-order chi connectivity index (χ0) is 20.1. The van der Waals surface area contributed by atoms with E-state index in [-0.39, 0.29) is 41.7 Å². The molecule has 7 heteroatoms. The number of carboxylic acid groups (broad SMARTS) is 3. The molecule has 0 radical (unpaired) electrons. The van der Waals surface area contributed by atoms with Gasteiger partial charge in [0.25, 0.3) is 0 Å². The fourth-order valence-electron chi connectivity index (χ4n) is 1.74. The van der Waals surface area contributed by atoms with Crippen molar-refractivity contribution in [1.29, 1.82) is 0 Å². The maximum Gasteiger partial charge on any atom is 0.335 e. The Morgan fingerprint density at radius 2 is 0.607 bits per heavy atom. The summed E-state index contributed by atoms with van der Waals surface area (Å²) in [5.74, 6) is -2.64. The van der Waals surface area contributed by atoms with E-state index in [9.17, 15) is 14.4 Å². The third-order valence-electron chi connectivity index (χ3n) is 3.06. The van der Waals surface area contributed by atoms with Crippen molar-refractivity contribution in [3.63, 3.8) is 0 Å². The van der Waals surface area contributed by atoms with Gasteiger partial charge in [-0.15, -0.1) is 0 Å². The molecule has 0 aromatic heterocycles. The molecule has 0 atom stereocenters. The fraction of sp³-hybridized carbons (Fsp3) is 0. The number of hydrogen-bond donors (Lipinski definition) is 3. The van der Waals surface area contributed by atoms with Crippen molar-refractivity contribution < 1.29 is 71.5 Å². The van der Waals surface area contributed by atoms with E-state index in [0.29, 0.717) is 16.7 Å². The summed E-state index contributed by atoms with van der Waals surface area (Å²) in [6.45, 7) is 0. The van der Waals surface area contributed by atoms with E-state index in [1.54, 1.807) is 91.0 Å². The first-order chi connectivity index (χ1) is 12.9. The van der Waals surface area contributed by atoms with E-state index < -0.39 is 17.9 Å². The van der Waals surface area contributed by atoms with Crippen LogP contribution < -0.4 is 0 Å². The van der Waals surface area contributed by atoms with Crippen LogP contribution in [0.25, 0.3) is 0 Å². The standard InChI is InChI=1S/3C7H6O2.Ce/c3*8-7(9)6-4-2-1-3-5-6;/h3*1-5H,(H,8,9);. The van der Waals surface area contributed by atoms with Gasteiger partial charge in [0.2, 0.25) is 0 Å². The number of rotatable bonds is 3. The largest absolute Gasteiger partial charge is 0.478 e. The van der Waals surface area contributed by atoms with Crippen molar-refractivity contribution >= 4 is 17.9 Å². The van der Waals surface area contributed by atoms with Gasteiger partial charge in [0.15, 0.2) is 0 Å². The Bertz CT molecular complexity index is 734. The van der Waals surface area contributed by atoms with Gasteiger partial charge in [0, 0.05) is 41.7 Å². The van der Waals surface area contributed by atoms with Crippen molar-refractivity contribution in [2.24, 2.45) is 0 Å². The molecule has 0 bridgehead atoms. The molecule has 0 saturated heterocycles. The average Bonchev–Trinajstić information content (AvgIpc) is 2.71. The third-order valence-corrected chi connectivity index (χ3v) is 3.06. The molecule has 0 spiro atoms. The number of carboxylic acids is 3. The molecular weight excluding hydrogens is 488 g/mol. The summed E-state index contributed by atoms with van der Waals surface area (Å²) in [4.78, 5) is 30.6. The normalized spacial score (nSPS) is 8.57. The fourth-order valence-corrected chi connectivity index (χ4v) is 1.74. The quantitative estimate of drug-likeness (QED) is 0.492. The second kappa shape index (κ2) is 14.5. The van der Waals surface area contributed by atoms with E-state index in [4.69, 9.17) is 15.3 Å². The van der Waals surface area contributed by atoms with E-state index >= 15 is 0 Å². The number of carbonyl (C=O) groups is 3. The Labute approximate surface area is 195 Å². The Morgan fingerprint density at radius 3 is 0.714 bits per heavy atom. The number of aromatic carboxylic acids is 3. The van der Waals surface area contributed by atoms with E-state index in [2.05, 4.69) is 0 Å². The van der Waals surface area contributed by atoms with Gasteiger partial charge in [-0.2, -0.15) is 0 Å². The van der Waals surface area contributed by atoms with Crippen LogP contribution in [-0.4, -0.2) is 33.2 Å². The third kappa shape index (κ3) is 10.6. The minimum atomic E-state index is -0.879. The van der Waals surface area contributed by atoms with Gasteiger partial charge in [0.1, 0.15) is 0 Å². The first-order valence-corrected chi connectivity index (χ1v) is 7.77. The van der Waals surface area contributed by atoms with Crippen LogP contribution in [0.5, 0.6) is 0 Å². The Balaban J connectivity index is 0.000000384. The number of benzene rings is 3. The molecule has 0 aliphatic carbocycles. The maximum absolute atomic E-state index is 10.2. The molecule has 0 heterocycles. The minimum Gasteiger partial charge on any atom is -0.478 e. The summed E-state index contributed by atoms with van der Waals surface area (Å²) >= 11 is 0. The van der Waals surface area contributed by atoms with Crippen LogP contribution in [-0.2, 0) is 0 Å². The SMILES string of the molecule is O=C(O)c1ccccc1.O=C(O)c1ccccc1.O=C(O)c1ccccc1.[Ce]. The van der Waals surface area contributed by atoms with Gasteiger partial charge in [-0.25, -0.2) is 14.4 Å². The van der Waals surface area contributed by atoms with Crippen molar-refractivity contribution in [2.75, 3.05) is 0 Å². The van der Waals surface area contributed by atoms with E-state index in [1.807, 2.05) is 0 Å². The van der Waals surface area contributed by atoms with Crippen molar-refractivity contribution in [1.82, 2.24) is 0 Å². The Hall–Kier alpha value is -2.55. The van der Waals surface area contributed by atoms with Gasteiger partial charge >= 0.3 is 17.9 Å². The van der Waals surface area contributed by atoms with Crippen molar-refractivity contribution in [3.05, 3.63) is 108 Å². The maximum atomic E-state index is 10.2. The second-order valence-corrected chi connectivity index (χ2v) is 5.01. The Kier molecular flexibility index (Phi) is 13.2. The van der Waals surface area contributed by atoms with Gasteiger partial charge in [0.05, 0.1) is 16.7 Å². The van der Waals surface area contributed by atoms with Crippen LogP contribution in [0.15, 0.2) is 91.0 Å². The van der Waals surface area contributed by atoms with Crippen LogP contribution in [0, 0.1) is 41.7 Å². The minimum absolute atomic E-state index is 0. The molecule has 3 aromatic carbocycles. The van der Waals surface area contributed by atoms with Crippen LogP contribution >= 0.6 is 0 Å². The molecular formula is C21H18CeO6. The van der Waals surface area contributed by atoms with Crippen molar-refractivity contribution in [3.8, 4) is 0 Å². The molecule has 0 aliphatic heterocycles. The summed E-state index contributed by atoms with van der Waals surface area (Å²) in [5.41, 5.74) is 0.993. The summed E-state index contributed by atoms with van der Waals surface area (Å²) in [6.07, 6.45) is 0. The van der Waals surface area contributed by atoms with Crippen molar-refractivity contribution in [2.45, 2.75) is 0 Å². The summed E-state index contributed by atoms with van der Waals surface area (Å²) < 4.78 is 0. The summed E-state index contributed by atoms with van der Waals surface area (Å²) in [6, 6.07) is 24.9. The molecule has 142 valence electrons. The molecule has 3 rings (SSSR count). The van der Waals surface area contributed by atoms with E-state index in [0.717, 1.165) is 0 Å². The molecule has 3 N–H and O–H groups in total. The zero-order valence-corrected chi connectivity index (χ0v) is 17.9. The first-order valence-electron chi connectivity index (χ1n) is 7.77. The smallest absolute Gasteiger partial charge is 0.335 e. The molecule has 28 heavy (non-hydrogen) atoms. The average molecular weight is 506 g/mol.